The van der Waals surface area contributed by atoms with Gasteiger partial charge in [0, 0.05) is 32.6 Å². The van der Waals surface area contributed by atoms with Crippen molar-refractivity contribution in [3.8, 4) is 0 Å². The molecule has 43 heavy (non-hydrogen) atoms. The lowest BCUT2D eigenvalue weighted by molar-refractivity contribution is -0.154. The minimum atomic E-state index is -1.33. The molecule has 0 unspecified atom stereocenters. The summed E-state index contributed by atoms with van der Waals surface area (Å²) < 4.78 is 30.1. The van der Waals surface area contributed by atoms with E-state index in [0.29, 0.717) is 11.1 Å². The number of epoxide rings is 1. The number of hydrogen-bond donors (Lipinski definition) is 0. The molecule has 1 heterocycles. The van der Waals surface area contributed by atoms with E-state index in [4.69, 9.17) is 23.7 Å². The van der Waals surface area contributed by atoms with Crippen molar-refractivity contribution in [2.24, 2.45) is 29.1 Å². The van der Waals surface area contributed by atoms with Crippen molar-refractivity contribution < 1.29 is 47.7 Å². The molecule has 0 amide bonds. The Balaban J connectivity index is 1.69. The van der Waals surface area contributed by atoms with Crippen molar-refractivity contribution in [1.82, 2.24) is 0 Å². The van der Waals surface area contributed by atoms with Crippen LogP contribution in [0.4, 0.5) is 0 Å². The van der Waals surface area contributed by atoms with Gasteiger partial charge in [-0.15, -0.1) is 0 Å². The summed E-state index contributed by atoms with van der Waals surface area (Å²) in [6.07, 6.45) is -1.74. The van der Waals surface area contributed by atoms with Gasteiger partial charge in [-0.1, -0.05) is 45.9 Å². The Morgan fingerprint density at radius 3 is 2.00 bits per heavy atom. The number of rotatable bonds is 5. The Morgan fingerprint density at radius 2 is 1.42 bits per heavy atom. The lowest BCUT2D eigenvalue weighted by atomic mass is 9.80. The zero-order valence-electron chi connectivity index (χ0n) is 25.9. The fourth-order valence-corrected chi connectivity index (χ4v) is 7.97. The van der Waals surface area contributed by atoms with Crippen molar-refractivity contribution in [3.05, 3.63) is 47.5 Å². The lowest BCUT2D eigenvalue weighted by Crippen LogP contribution is -2.43. The van der Waals surface area contributed by atoms with Crippen molar-refractivity contribution >= 4 is 29.7 Å². The summed E-state index contributed by atoms with van der Waals surface area (Å²) >= 11 is 0. The predicted molar refractivity (Wildman–Crippen MR) is 151 cm³/mol. The molecule has 3 fully saturated rings. The molecular formula is C33H40O10. The van der Waals surface area contributed by atoms with E-state index in [2.05, 4.69) is 0 Å². The fraction of sp³-hybridized carbons (Fsp3) is 0.606. The molecule has 2 saturated carbocycles. The normalized spacial score (nSPS) is 39.0. The summed E-state index contributed by atoms with van der Waals surface area (Å²) in [7, 11) is 0. The zero-order chi connectivity index (χ0) is 31.6. The van der Waals surface area contributed by atoms with Gasteiger partial charge >= 0.3 is 23.9 Å². The maximum Gasteiger partial charge on any atom is 0.338 e. The van der Waals surface area contributed by atoms with Crippen LogP contribution in [0.15, 0.2) is 42.0 Å². The minimum absolute atomic E-state index is 0.239. The van der Waals surface area contributed by atoms with Crippen LogP contribution in [0.1, 0.15) is 72.2 Å². The summed E-state index contributed by atoms with van der Waals surface area (Å²) in [5, 5.41) is 0. The van der Waals surface area contributed by atoms with E-state index in [0.717, 1.165) is 0 Å². The standard InChI is InChI=1S/C33H40O10/c1-16-14-33-29(41-21(6)36)17(2)15-32(33,43-33)28(37)18(3)26(40-20(5)35)23-24(31(23,7)8)27(25(16)39-19(4)34)42-30(38)22-12-10-9-11-13-22/h9-14,17-18,23-27,29H,15H2,1-8H3/t17-,18+,23-,24+,25+,26-,27-,29-,32-,33-/m0/s1. The van der Waals surface area contributed by atoms with E-state index in [9.17, 15) is 24.0 Å². The van der Waals surface area contributed by atoms with Crippen molar-refractivity contribution in [3.63, 3.8) is 0 Å². The number of benzene rings is 1. The molecule has 1 aromatic carbocycles. The number of ether oxygens (including phenoxy) is 5. The number of hydrogen-bond acceptors (Lipinski definition) is 10. The highest BCUT2D eigenvalue weighted by molar-refractivity contribution is 5.96. The highest BCUT2D eigenvalue weighted by atomic mass is 16.7. The second kappa shape index (κ2) is 10.6. The van der Waals surface area contributed by atoms with E-state index >= 15 is 0 Å². The first-order chi connectivity index (χ1) is 20.1. The minimum Gasteiger partial charge on any atom is -0.461 e. The second-order valence-corrected chi connectivity index (χ2v) is 13.2. The van der Waals surface area contributed by atoms with Gasteiger partial charge in [-0.2, -0.15) is 0 Å². The average molecular weight is 597 g/mol. The van der Waals surface area contributed by atoms with Gasteiger partial charge in [0.1, 0.15) is 18.3 Å². The SMILES string of the molecule is CC(=O)O[C@@H]1[C@@H]2[C@H]([C@H](OC(=O)c3ccccc3)[C@H](OC(C)=O)C(C)=C[C@@]34O[C@@]3(C[C@H](C)[C@@H]4OC(C)=O)C(=O)[C@@H]1C)C2(C)C. The molecule has 4 aliphatic rings. The number of carbonyl (C=O) groups excluding carboxylic acids is 5. The number of ketones is 1. The van der Waals surface area contributed by atoms with Gasteiger partial charge in [0.15, 0.2) is 23.1 Å². The van der Waals surface area contributed by atoms with Crippen LogP contribution in [-0.2, 0) is 42.9 Å². The highest BCUT2D eigenvalue weighted by Crippen LogP contribution is 2.69. The van der Waals surface area contributed by atoms with Gasteiger partial charge in [0.05, 0.1) is 11.5 Å². The molecule has 10 atom stereocenters. The number of carbonyl (C=O) groups is 5. The Hall–Kier alpha value is -3.53. The first-order valence-electron chi connectivity index (χ1n) is 14.8. The van der Waals surface area contributed by atoms with Crippen LogP contribution in [0.2, 0.25) is 0 Å². The van der Waals surface area contributed by atoms with Crippen LogP contribution >= 0.6 is 0 Å². The molecule has 0 radical (unpaired) electrons. The smallest absolute Gasteiger partial charge is 0.338 e. The van der Waals surface area contributed by atoms with E-state index < -0.39 is 82.7 Å². The van der Waals surface area contributed by atoms with Gasteiger partial charge in [0.2, 0.25) is 0 Å². The van der Waals surface area contributed by atoms with Crippen LogP contribution in [0.25, 0.3) is 0 Å². The van der Waals surface area contributed by atoms with Crippen molar-refractivity contribution in [2.75, 3.05) is 0 Å². The van der Waals surface area contributed by atoms with E-state index in [1.807, 2.05) is 20.8 Å². The first-order valence-corrected chi connectivity index (χ1v) is 14.8. The number of Topliss-reactive ketones (excluding diaryl/α,β-unsaturated/α-hetero) is 1. The molecule has 5 rings (SSSR count). The Labute approximate surface area is 251 Å². The molecule has 1 aliphatic heterocycles. The van der Waals surface area contributed by atoms with E-state index in [1.54, 1.807) is 50.3 Å². The van der Waals surface area contributed by atoms with Crippen molar-refractivity contribution in [2.45, 2.75) is 97.4 Å². The molecule has 1 aromatic rings. The summed E-state index contributed by atoms with van der Waals surface area (Å²) in [6.45, 7) is 13.1. The highest BCUT2D eigenvalue weighted by Gasteiger charge is 2.84. The molecule has 232 valence electrons. The monoisotopic (exact) mass is 596 g/mol. The van der Waals surface area contributed by atoms with Crippen LogP contribution in [0, 0.1) is 29.1 Å². The molecule has 0 aromatic heterocycles. The molecule has 10 nitrogen and oxygen atoms in total. The van der Waals surface area contributed by atoms with Crippen LogP contribution in [-0.4, -0.2) is 65.3 Å². The van der Waals surface area contributed by atoms with Gasteiger partial charge < -0.3 is 23.7 Å². The molecule has 0 N–H and O–H groups in total. The maximum absolute atomic E-state index is 14.4. The zero-order valence-corrected chi connectivity index (χ0v) is 25.9. The van der Waals surface area contributed by atoms with Gasteiger partial charge in [-0.3, -0.25) is 19.2 Å². The fourth-order valence-electron chi connectivity index (χ4n) is 7.97. The van der Waals surface area contributed by atoms with Gasteiger partial charge in [-0.05, 0) is 48.5 Å². The number of fused-ring (bicyclic) bond motifs is 1. The summed E-state index contributed by atoms with van der Waals surface area (Å²) in [5.41, 5.74) is -2.43. The quantitative estimate of drug-likeness (QED) is 0.212. The largest absolute Gasteiger partial charge is 0.461 e. The van der Waals surface area contributed by atoms with Crippen molar-refractivity contribution in [1.29, 1.82) is 0 Å². The average Bonchev–Trinajstić information content (AvgIpc) is 3.71. The summed E-state index contributed by atoms with van der Waals surface area (Å²) in [6, 6.07) is 8.48. The maximum atomic E-state index is 14.4. The Kier molecular flexibility index (Phi) is 7.60. The summed E-state index contributed by atoms with van der Waals surface area (Å²) in [4.78, 5) is 65.0. The Bertz CT molecular complexity index is 1380. The van der Waals surface area contributed by atoms with E-state index in [-0.39, 0.29) is 18.1 Å². The third-order valence-electron chi connectivity index (χ3n) is 9.82. The van der Waals surface area contributed by atoms with Crippen LogP contribution in [0.5, 0.6) is 0 Å². The van der Waals surface area contributed by atoms with Gasteiger partial charge in [-0.25, -0.2) is 4.79 Å². The molecule has 0 bridgehead atoms. The summed E-state index contributed by atoms with van der Waals surface area (Å²) in [5.74, 6) is -4.43. The Morgan fingerprint density at radius 1 is 0.837 bits per heavy atom. The predicted octanol–water partition coefficient (Wildman–Crippen LogP) is 3.99. The topological polar surface area (TPSA) is 135 Å². The number of esters is 4. The van der Waals surface area contributed by atoms with Crippen LogP contribution < -0.4 is 0 Å². The first kappa shape index (κ1) is 30.9. The van der Waals surface area contributed by atoms with Crippen LogP contribution in [0.3, 0.4) is 0 Å². The molecule has 0 spiro atoms. The molecule has 1 saturated heterocycles. The third-order valence-corrected chi connectivity index (χ3v) is 9.82. The third kappa shape index (κ3) is 4.97. The van der Waals surface area contributed by atoms with E-state index in [1.165, 1.54) is 20.8 Å². The lowest BCUT2D eigenvalue weighted by Gasteiger charge is -2.30. The second-order valence-electron chi connectivity index (χ2n) is 13.2. The molecule has 10 heteroatoms. The molecular weight excluding hydrogens is 556 g/mol. The van der Waals surface area contributed by atoms with Gasteiger partial charge in [0.25, 0.3) is 0 Å². The molecule has 3 aliphatic carbocycles.